The van der Waals surface area contributed by atoms with Gasteiger partial charge in [-0.25, -0.2) is 14.8 Å². The lowest BCUT2D eigenvalue weighted by atomic mass is 10.3. The first-order valence-electron chi connectivity index (χ1n) is 6.51. The van der Waals surface area contributed by atoms with Crippen LogP contribution in [-0.2, 0) is 0 Å². The molecule has 7 heteroatoms. The van der Waals surface area contributed by atoms with Gasteiger partial charge in [-0.05, 0) is 0 Å². The van der Waals surface area contributed by atoms with E-state index < -0.39 is 6.09 Å². The number of rotatable bonds is 3. The Morgan fingerprint density at radius 2 is 1.39 bits per heavy atom. The Hall–Kier alpha value is -0.890. The molecule has 2 saturated heterocycles. The number of nitrogens with zero attached hydrogens (tertiary/aromatic N) is 4. The summed E-state index contributed by atoms with van der Waals surface area (Å²) in [5.41, 5.74) is 0. The van der Waals surface area contributed by atoms with E-state index in [2.05, 4.69) is 14.9 Å². The molecule has 2 fully saturated rings. The fourth-order valence-electron chi connectivity index (χ4n) is 2.56. The third-order valence-corrected chi connectivity index (χ3v) is 3.69. The van der Waals surface area contributed by atoms with E-state index in [0.717, 1.165) is 45.8 Å². The van der Waals surface area contributed by atoms with Crippen LogP contribution in [0.2, 0.25) is 0 Å². The fraction of sp³-hybridized carbons (Fsp3) is 0.909. The highest BCUT2D eigenvalue weighted by atomic mass is 16.4. The molecule has 0 atom stereocenters. The molecule has 0 aromatic heterocycles. The SMILES string of the molecule is O=C(O)N1CCN(N2CCN(CCO)CC2)CC1. The zero-order valence-corrected chi connectivity index (χ0v) is 10.7. The molecule has 18 heavy (non-hydrogen) atoms. The molecule has 0 unspecified atom stereocenters. The topological polar surface area (TPSA) is 70.5 Å². The molecule has 0 aromatic carbocycles. The van der Waals surface area contributed by atoms with E-state index in [1.807, 2.05) is 0 Å². The Bertz CT molecular complexity index is 273. The molecule has 0 bridgehead atoms. The monoisotopic (exact) mass is 258 g/mol. The molecule has 2 N–H and O–H groups in total. The second-order valence-electron chi connectivity index (χ2n) is 4.74. The van der Waals surface area contributed by atoms with Gasteiger partial charge in [-0.2, -0.15) is 0 Å². The van der Waals surface area contributed by atoms with Crippen LogP contribution in [0.4, 0.5) is 4.79 Å². The highest BCUT2D eigenvalue weighted by molar-refractivity contribution is 5.65. The lowest BCUT2D eigenvalue weighted by Crippen LogP contribution is -2.59. The van der Waals surface area contributed by atoms with Crippen LogP contribution in [0.1, 0.15) is 0 Å². The third kappa shape index (κ3) is 3.32. The maximum absolute atomic E-state index is 10.8. The second kappa shape index (κ2) is 6.33. The van der Waals surface area contributed by atoms with Crippen molar-refractivity contribution in [2.24, 2.45) is 0 Å². The average Bonchev–Trinajstić information content (AvgIpc) is 2.40. The van der Waals surface area contributed by atoms with Gasteiger partial charge in [-0.15, -0.1) is 0 Å². The molecule has 2 rings (SSSR count). The summed E-state index contributed by atoms with van der Waals surface area (Å²) in [5.74, 6) is 0. The maximum Gasteiger partial charge on any atom is 0.407 e. The Labute approximate surface area is 107 Å². The molecule has 0 aromatic rings. The number of carboxylic acid groups (broad SMARTS) is 1. The molecule has 7 nitrogen and oxygen atoms in total. The molecule has 2 aliphatic heterocycles. The fourth-order valence-corrected chi connectivity index (χ4v) is 2.56. The van der Waals surface area contributed by atoms with Crippen LogP contribution < -0.4 is 0 Å². The molecule has 0 aliphatic carbocycles. The Morgan fingerprint density at radius 1 is 0.889 bits per heavy atom. The number of aliphatic hydroxyl groups is 1. The zero-order valence-electron chi connectivity index (χ0n) is 10.7. The summed E-state index contributed by atoms with van der Waals surface area (Å²) in [6.07, 6.45) is -0.817. The van der Waals surface area contributed by atoms with Crippen molar-refractivity contribution in [1.29, 1.82) is 0 Å². The van der Waals surface area contributed by atoms with Crippen LogP contribution in [0.5, 0.6) is 0 Å². The van der Waals surface area contributed by atoms with E-state index >= 15 is 0 Å². The van der Waals surface area contributed by atoms with Crippen LogP contribution >= 0.6 is 0 Å². The van der Waals surface area contributed by atoms with E-state index in [-0.39, 0.29) is 6.61 Å². The van der Waals surface area contributed by atoms with Crippen LogP contribution in [0.15, 0.2) is 0 Å². The number of piperazine rings is 2. The lowest BCUT2D eigenvalue weighted by molar-refractivity contribution is -0.0791. The summed E-state index contributed by atoms with van der Waals surface area (Å²) in [6.45, 7) is 7.59. The number of carbonyl (C=O) groups is 1. The van der Waals surface area contributed by atoms with Crippen molar-refractivity contribution in [2.75, 3.05) is 65.5 Å². The highest BCUT2D eigenvalue weighted by Crippen LogP contribution is 2.09. The van der Waals surface area contributed by atoms with Crippen LogP contribution in [0.25, 0.3) is 0 Å². The van der Waals surface area contributed by atoms with Crippen molar-refractivity contribution in [2.45, 2.75) is 0 Å². The minimum absolute atomic E-state index is 0.220. The zero-order chi connectivity index (χ0) is 13.0. The summed E-state index contributed by atoms with van der Waals surface area (Å²) in [4.78, 5) is 14.5. The van der Waals surface area contributed by atoms with Crippen molar-refractivity contribution in [3.63, 3.8) is 0 Å². The number of β-amino-alcohol motifs (C(OH)–C–C–N with tert-alkyl or cyclic N) is 1. The quantitative estimate of drug-likeness (QED) is 0.663. The molecule has 104 valence electrons. The van der Waals surface area contributed by atoms with E-state index in [4.69, 9.17) is 10.2 Å². The van der Waals surface area contributed by atoms with Gasteiger partial charge in [-0.1, -0.05) is 0 Å². The van der Waals surface area contributed by atoms with Crippen molar-refractivity contribution >= 4 is 6.09 Å². The summed E-state index contributed by atoms with van der Waals surface area (Å²) < 4.78 is 0. The van der Waals surface area contributed by atoms with Gasteiger partial charge in [0.1, 0.15) is 0 Å². The van der Waals surface area contributed by atoms with Crippen molar-refractivity contribution in [3.8, 4) is 0 Å². The largest absolute Gasteiger partial charge is 0.465 e. The Morgan fingerprint density at radius 3 is 1.83 bits per heavy atom. The van der Waals surface area contributed by atoms with Gasteiger partial charge in [0.15, 0.2) is 0 Å². The predicted octanol–water partition coefficient (Wildman–Crippen LogP) is -1.19. The van der Waals surface area contributed by atoms with Crippen molar-refractivity contribution in [1.82, 2.24) is 19.8 Å². The van der Waals surface area contributed by atoms with Gasteiger partial charge >= 0.3 is 6.09 Å². The number of hydrogen-bond donors (Lipinski definition) is 2. The molecule has 0 radical (unpaired) electrons. The first-order valence-corrected chi connectivity index (χ1v) is 6.51. The van der Waals surface area contributed by atoms with E-state index in [1.54, 1.807) is 0 Å². The molecule has 2 aliphatic rings. The van der Waals surface area contributed by atoms with Crippen LogP contribution in [0, 0.1) is 0 Å². The summed E-state index contributed by atoms with van der Waals surface area (Å²) in [7, 11) is 0. The minimum atomic E-state index is -0.817. The van der Waals surface area contributed by atoms with Crippen LogP contribution in [-0.4, -0.2) is 102 Å². The van der Waals surface area contributed by atoms with E-state index in [9.17, 15) is 4.79 Å². The van der Waals surface area contributed by atoms with Gasteiger partial charge in [0.2, 0.25) is 0 Å². The maximum atomic E-state index is 10.8. The summed E-state index contributed by atoms with van der Waals surface area (Å²) >= 11 is 0. The molecule has 0 spiro atoms. The summed E-state index contributed by atoms with van der Waals surface area (Å²) in [6, 6.07) is 0. The second-order valence-corrected chi connectivity index (χ2v) is 4.74. The summed E-state index contributed by atoms with van der Waals surface area (Å²) in [5, 5.41) is 22.4. The van der Waals surface area contributed by atoms with Gasteiger partial charge in [-0.3, -0.25) is 4.90 Å². The highest BCUT2D eigenvalue weighted by Gasteiger charge is 2.26. The first-order chi connectivity index (χ1) is 8.70. The standard InChI is InChI=1S/C11H22N4O3/c16-10-9-12-1-5-14(6-2-12)15-7-3-13(4-8-15)11(17)18/h16H,1-10H2,(H,17,18). The normalized spacial score (nSPS) is 24.4. The van der Waals surface area contributed by atoms with Gasteiger partial charge in [0.25, 0.3) is 0 Å². The van der Waals surface area contributed by atoms with Crippen molar-refractivity contribution < 1.29 is 15.0 Å². The Kier molecular flexibility index (Phi) is 4.76. The van der Waals surface area contributed by atoms with Crippen LogP contribution in [0.3, 0.4) is 0 Å². The molecule has 0 saturated carbocycles. The van der Waals surface area contributed by atoms with E-state index in [0.29, 0.717) is 13.1 Å². The number of amides is 1. The smallest absolute Gasteiger partial charge is 0.407 e. The molecular weight excluding hydrogens is 236 g/mol. The van der Waals surface area contributed by atoms with Gasteiger partial charge in [0.05, 0.1) is 6.61 Å². The molecule has 1 amide bonds. The van der Waals surface area contributed by atoms with E-state index in [1.165, 1.54) is 4.90 Å². The number of hydrazine groups is 1. The lowest BCUT2D eigenvalue weighted by Gasteiger charge is -2.44. The van der Waals surface area contributed by atoms with Gasteiger partial charge < -0.3 is 15.1 Å². The third-order valence-electron chi connectivity index (χ3n) is 3.69. The molecule has 2 heterocycles. The number of hydrogen-bond acceptors (Lipinski definition) is 5. The van der Waals surface area contributed by atoms with Gasteiger partial charge in [0, 0.05) is 58.9 Å². The Balaban J connectivity index is 1.73. The average molecular weight is 258 g/mol. The predicted molar refractivity (Wildman–Crippen MR) is 66.3 cm³/mol. The molecular formula is C11H22N4O3. The minimum Gasteiger partial charge on any atom is -0.465 e. The van der Waals surface area contributed by atoms with Crippen molar-refractivity contribution in [3.05, 3.63) is 0 Å². The first kappa shape index (κ1) is 13.5. The number of aliphatic hydroxyl groups excluding tert-OH is 1.